The van der Waals surface area contributed by atoms with E-state index in [0.717, 1.165) is 5.56 Å². The highest BCUT2D eigenvalue weighted by Crippen LogP contribution is 2.31. The van der Waals surface area contributed by atoms with Crippen molar-refractivity contribution < 1.29 is 9.53 Å². The van der Waals surface area contributed by atoms with E-state index in [1.807, 2.05) is 18.2 Å². The first-order valence-electron chi connectivity index (χ1n) is 8.70. The van der Waals surface area contributed by atoms with Crippen LogP contribution in [0, 0.1) is 0 Å². The summed E-state index contributed by atoms with van der Waals surface area (Å²) in [5.74, 6) is 0.133. The molecule has 0 spiro atoms. The van der Waals surface area contributed by atoms with Gasteiger partial charge in [0.1, 0.15) is 10.8 Å². The Labute approximate surface area is 174 Å². The molecule has 1 aromatic carbocycles. The molecule has 1 aliphatic carbocycles. The summed E-state index contributed by atoms with van der Waals surface area (Å²) in [6.45, 7) is 2.15. The van der Waals surface area contributed by atoms with E-state index in [2.05, 4.69) is 10.1 Å². The number of fused-ring (bicyclic) bond motifs is 1. The molecule has 0 aliphatic heterocycles. The van der Waals surface area contributed by atoms with Gasteiger partial charge in [-0.15, -0.1) is 0 Å². The highest BCUT2D eigenvalue weighted by Gasteiger charge is 2.17. The molecule has 1 aliphatic rings. The number of aromatic nitrogens is 3. The highest BCUT2D eigenvalue weighted by atomic mass is 35.5. The van der Waals surface area contributed by atoms with Crippen LogP contribution in [0.5, 0.6) is 0 Å². The molecule has 0 unspecified atom stereocenters. The second kappa shape index (κ2) is 7.65. The monoisotopic (exact) mass is 426 g/mol. The topological polar surface area (TPSA) is 99.6 Å². The molecule has 0 fully saturated rings. The number of benzene rings is 1. The molecule has 29 heavy (non-hydrogen) atoms. The van der Waals surface area contributed by atoms with Gasteiger partial charge >= 0.3 is 0 Å². The van der Waals surface area contributed by atoms with Crippen molar-refractivity contribution in [2.24, 2.45) is 0 Å². The summed E-state index contributed by atoms with van der Waals surface area (Å²) in [7, 11) is 0. The van der Waals surface area contributed by atoms with Crippen LogP contribution in [-0.2, 0) is 9.53 Å². The third-order valence-electron chi connectivity index (χ3n) is 4.17. The number of rotatable bonds is 4. The molecule has 7 nitrogen and oxygen atoms in total. The molecular weight excluding hydrogens is 412 g/mol. The smallest absolute Gasteiger partial charge is 0.283 e. The van der Waals surface area contributed by atoms with E-state index in [1.165, 1.54) is 21.9 Å². The highest BCUT2D eigenvalue weighted by molar-refractivity contribution is 7.19. The summed E-state index contributed by atoms with van der Waals surface area (Å²) < 4.78 is 6.74. The molecule has 0 saturated heterocycles. The van der Waals surface area contributed by atoms with Gasteiger partial charge in [0.05, 0.1) is 17.2 Å². The van der Waals surface area contributed by atoms with Crippen LogP contribution in [0.15, 0.2) is 58.6 Å². The van der Waals surface area contributed by atoms with Crippen LogP contribution in [0.2, 0.25) is 5.02 Å². The number of hydrogen-bond donors (Lipinski definition) is 1. The summed E-state index contributed by atoms with van der Waals surface area (Å²) in [4.78, 5) is 28.9. The number of carbonyl (C=O) groups excluding carboxylic acids is 1. The van der Waals surface area contributed by atoms with Crippen molar-refractivity contribution in [1.29, 1.82) is 0 Å². The molecule has 0 amide bonds. The first-order chi connectivity index (χ1) is 14.0. The molecule has 2 aromatic heterocycles. The number of anilines is 1. The average Bonchev–Trinajstić information content (AvgIpc) is 3.12. The molecule has 0 saturated carbocycles. The fourth-order valence-electron chi connectivity index (χ4n) is 2.81. The van der Waals surface area contributed by atoms with E-state index in [-0.39, 0.29) is 22.9 Å². The quantitative estimate of drug-likeness (QED) is 0.685. The second-order valence-corrected chi connectivity index (χ2v) is 7.44. The van der Waals surface area contributed by atoms with Gasteiger partial charge in [-0.2, -0.15) is 14.6 Å². The molecule has 3 aromatic rings. The van der Waals surface area contributed by atoms with E-state index >= 15 is 0 Å². The molecule has 9 heteroatoms. The Kier molecular flexibility index (Phi) is 5.04. The van der Waals surface area contributed by atoms with Gasteiger partial charge in [0.15, 0.2) is 5.76 Å². The van der Waals surface area contributed by atoms with Crippen LogP contribution in [0.1, 0.15) is 12.5 Å². The van der Waals surface area contributed by atoms with Crippen LogP contribution in [0.25, 0.3) is 21.6 Å². The lowest BCUT2D eigenvalue weighted by Gasteiger charge is -2.10. The molecule has 0 atom stereocenters. The van der Waals surface area contributed by atoms with Crippen LogP contribution < -0.4 is 11.3 Å². The Morgan fingerprint density at radius 3 is 2.83 bits per heavy atom. The van der Waals surface area contributed by atoms with Gasteiger partial charge < -0.3 is 10.5 Å². The second-order valence-electron chi connectivity index (χ2n) is 6.08. The van der Waals surface area contributed by atoms with E-state index in [0.29, 0.717) is 27.2 Å². The van der Waals surface area contributed by atoms with Gasteiger partial charge in [-0.05, 0) is 36.8 Å². The van der Waals surface area contributed by atoms with Gasteiger partial charge in [-0.1, -0.05) is 47.2 Å². The van der Waals surface area contributed by atoms with Gasteiger partial charge in [-0.25, -0.2) is 0 Å². The zero-order valence-electron chi connectivity index (χ0n) is 15.3. The van der Waals surface area contributed by atoms with Crippen molar-refractivity contribution in [1.82, 2.24) is 14.6 Å². The van der Waals surface area contributed by atoms with Crippen LogP contribution >= 0.6 is 22.9 Å². The fraction of sp³-hybridized carbons (Fsp3) is 0.100. The van der Waals surface area contributed by atoms with Crippen molar-refractivity contribution in [2.75, 3.05) is 12.3 Å². The van der Waals surface area contributed by atoms with Gasteiger partial charge in [0.25, 0.3) is 5.56 Å². The lowest BCUT2D eigenvalue weighted by atomic mass is 10.0. The summed E-state index contributed by atoms with van der Waals surface area (Å²) in [6, 6.07) is 7.27. The maximum absolute atomic E-state index is 12.6. The number of hydrogen-bond acceptors (Lipinski definition) is 7. The van der Waals surface area contributed by atoms with Crippen molar-refractivity contribution in [3.05, 3.63) is 74.8 Å². The fourth-order valence-corrected chi connectivity index (χ4v) is 4.03. The first-order valence-corrected chi connectivity index (χ1v) is 9.90. The Morgan fingerprint density at radius 2 is 2.07 bits per heavy atom. The molecule has 2 N–H and O–H groups in total. The van der Waals surface area contributed by atoms with E-state index in [1.54, 1.807) is 31.2 Å². The van der Waals surface area contributed by atoms with Crippen molar-refractivity contribution in [3.63, 3.8) is 0 Å². The molecule has 146 valence electrons. The van der Waals surface area contributed by atoms with Crippen molar-refractivity contribution in [3.8, 4) is 10.6 Å². The lowest BCUT2D eigenvalue weighted by Crippen LogP contribution is -2.17. The summed E-state index contributed by atoms with van der Waals surface area (Å²) in [5, 5.41) is 5.62. The van der Waals surface area contributed by atoms with Crippen LogP contribution in [-0.4, -0.2) is 27.0 Å². The SMILES string of the molecule is CCOC1=C/C(=C\c2c(N)n3nc(-c4ccccc4Cl)sc3nc2=O)C=CC1=O. The van der Waals surface area contributed by atoms with Crippen LogP contribution in [0.4, 0.5) is 5.82 Å². The van der Waals surface area contributed by atoms with Crippen LogP contribution in [0.3, 0.4) is 0 Å². The summed E-state index contributed by atoms with van der Waals surface area (Å²) in [5.41, 5.74) is 7.26. The number of nitrogens with zero attached hydrogens (tertiary/aromatic N) is 3. The van der Waals surface area contributed by atoms with E-state index in [9.17, 15) is 9.59 Å². The number of allylic oxidation sites excluding steroid dienone is 4. The van der Waals surface area contributed by atoms with Crippen molar-refractivity contribution in [2.45, 2.75) is 6.92 Å². The minimum Gasteiger partial charge on any atom is -0.490 e. The van der Waals surface area contributed by atoms with Crippen molar-refractivity contribution >= 4 is 45.6 Å². The number of nitrogens with two attached hydrogens (primary N) is 1. The lowest BCUT2D eigenvalue weighted by molar-refractivity contribution is -0.114. The summed E-state index contributed by atoms with van der Waals surface area (Å²) >= 11 is 7.47. The molecule has 0 bridgehead atoms. The number of nitrogen functional groups attached to an aromatic ring is 1. The summed E-state index contributed by atoms with van der Waals surface area (Å²) in [6.07, 6.45) is 6.10. The minimum atomic E-state index is -0.485. The Morgan fingerprint density at radius 1 is 1.28 bits per heavy atom. The third-order valence-corrected chi connectivity index (χ3v) is 5.45. The number of ketones is 1. The zero-order chi connectivity index (χ0) is 20.5. The zero-order valence-corrected chi connectivity index (χ0v) is 16.8. The molecule has 0 radical (unpaired) electrons. The predicted octanol–water partition coefficient (Wildman–Crippen LogP) is 3.50. The number of halogens is 1. The number of carbonyl (C=O) groups is 1. The maximum Gasteiger partial charge on any atom is 0.283 e. The van der Waals surface area contributed by atoms with E-state index < -0.39 is 5.56 Å². The standard InChI is InChI=1S/C20H15ClN4O3S/c1-2-28-16-10-11(7-8-15(16)26)9-13-17(22)25-20(23-18(13)27)29-19(24-25)12-5-3-4-6-14(12)21/h3-10H,2,22H2,1H3/b11-9-. The third kappa shape index (κ3) is 3.59. The molecule has 2 heterocycles. The molecule has 4 rings (SSSR count). The first kappa shape index (κ1) is 19.1. The van der Waals surface area contributed by atoms with Gasteiger partial charge in [-0.3, -0.25) is 9.59 Å². The minimum absolute atomic E-state index is 0.152. The Bertz CT molecular complexity index is 1290. The van der Waals surface area contributed by atoms with Gasteiger partial charge in [0.2, 0.25) is 10.7 Å². The molecular formula is C20H15ClN4O3S. The average molecular weight is 427 g/mol. The predicted molar refractivity (Wildman–Crippen MR) is 114 cm³/mol. The Balaban J connectivity index is 1.83. The normalized spacial score (nSPS) is 15.2. The Hall–Kier alpha value is -3.23. The number of ether oxygens (including phenoxy) is 1. The maximum atomic E-state index is 12.6. The van der Waals surface area contributed by atoms with E-state index in [4.69, 9.17) is 22.1 Å². The largest absolute Gasteiger partial charge is 0.490 e. The van der Waals surface area contributed by atoms with Gasteiger partial charge in [0, 0.05) is 5.56 Å².